The highest BCUT2D eigenvalue weighted by Crippen LogP contribution is 2.22. The van der Waals surface area contributed by atoms with Crippen LogP contribution in [0.15, 0.2) is 47.5 Å². The number of benzene rings is 1. The van der Waals surface area contributed by atoms with E-state index in [0.29, 0.717) is 31.1 Å². The second-order valence-electron chi connectivity index (χ2n) is 8.06. The molecule has 1 aliphatic rings. The van der Waals surface area contributed by atoms with E-state index in [-0.39, 0.29) is 12.1 Å². The summed E-state index contributed by atoms with van der Waals surface area (Å²) < 4.78 is 49.0. The van der Waals surface area contributed by atoms with E-state index < -0.39 is 18.4 Å². The Labute approximate surface area is 186 Å². The number of hydrogen-bond acceptors (Lipinski definition) is 5. The third-order valence-electron chi connectivity index (χ3n) is 5.94. The van der Waals surface area contributed by atoms with Crippen LogP contribution in [-0.2, 0) is 24.4 Å². The number of alkyl halides is 3. The zero-order valence-electron chi connectivity index (χ0n) is 17.8. The van der Waals surface area contributed by atoms with Gasteiger partial charge in [-0.1, -0.05) is 12.1 Å². The number of hydrogen-bond donors (Lipinski definition) is 0. The molecule has 1 aliphatic heterocycles. The van der Waals surface area contributed by atoms with Crippen molar-refractivity contribution >= 4 is 22.1 Å². The number of rotatable bonds is 6. The lowest BCUT2D eigenvalue weighted by molar-refractivity contribution is -0.140. The summed E-state index contributed by atoms with van der Waals surface area (Å²) in [5, 5.41) is 0. The molecule has 4 heterocycles. The maximum atomic E-state index is 13.2. The van der Waals surface area contributed by atoms with E-state index in [9.17, 15) is 18.0 Å². The second kappa shape index (κ2) is 8.64. The molecule has 1 aromatic carbocycles. The minimum Gasteiger partial charge on any atom is -0.379 e. The summed E-state index contributed by atoms with van der Waals surface area (Å²) in [6.07, 6.45) is -1.71. The van der Waals surface area contributed by atoms with Gasteiger partial charge in [0.2, 0.25) is 0 Å². The number of morpholine rings is 1. The number of ether oxygens (including phenoxy) is 1. The van der Waals surface area contributed by atoms with Crippen molar-refractivity contribution in [1.29, 1.82) is 0 Å². The molecule has 5 rings (SSSR count). The first-order valence-electron chi connectivity index (χ1n) is 10.7. The third kappa shape index (κ3) is 4.38. The maximum Gasteiger partial charge on any atom is 0.406 e. The van der Waals surface area contributed by atoms with Gasteiger partial charge in [0.1, 0.15) is 12.4 Å². The van der Waals surface area contributed by atoms with E-state index in [1.807, 2.05) is 28.8 Å². The molecule has 1 fully saturated rings. The van der Waals surface area contributed by atoms with Crippen LogP contribution in [0.4, 0.5) is 13.2 Å². The van der Waals surface area contributed by atoms with Gasteiger partial charge >= 0.3 is 11.9 Å². The van der Waals surface area contributed by atoms with Crippen molar-refractivity contribution in [3.63, 3.8) is 0 Å². The molecule has 33 heavy (non-hydrogen) atoms. The Hall–Kier alpha value is -3.18. The molecule has 4 aromatic rings. The molecule has 0 spiro atoms. The van der Waals surface area contributed by atoms with Gasteiger partial charge in [-0.25, -0.2) is 9.78 Å². The Kier molecular flexibility index (Phi) is 5.67. The van der Waals surface area contributed by atoms with Gasteiger partial charge in [0.05, 0.1) is 48.0 Å². The summed E-state index contributed by atoms with van der Waals surface area (Å²) in [6.45, 7) is 3.19. The summed E-state index contributed by atoms with van der Waals surface area (Å²) in [7, 11) is 0. The van der Waals surface area contributed by atoms with Crippen LogP contribution in [0.1, 0.15) is 5.82 Å². The van der Waals surface area contributed by atoms with Gasteiger partial charge in [-0.15, -0.1) is 0 Å². The summed E-state index contributed by atoms with van der Waals surface area (Å²) >= 11 is 0. The topological polar surface area (TPSA) is 70.1 Å². The van der Waals surface area contributed by atoms with E-state index >= 15 is 0 Å². The van der Waals surface area contributed by atoms with E-state index in [1.165, 1.54) is 23.0 Å². The molecule has 0 unspecified atom stereocenters. The van der Waals surface area contributed by atoms with Gasteiger partial charge in [-0.2, -0.15) is 13.2 Å². The molecule has 0 bridgehead atoms. The number of halogens is 3. The van der Waals surface area contributed by atoms with Gasteiger partial charge in [0, 0.05) is 32.4 Å². The Morgan fingerprint density at radius 2 is 1.73 bits per heavy atom. The third-order valence-corrected chi connectivity index (χ3v) is 5.94. The molecular weight excluding hydrogens is 437 g/mol. The Morgan fingerprint density at radius 1 is 0.939 bits per heavy atom. The zero-order chi connectivity index (χ0) is 23.0. The minimum atomic E-state index is -4.52. The number of nitrogens with zero attached hydrogens (tertiary/aromatic N) is 6. The largest absolute Gasteiger partial charge is 0.406 e. The summed E-state index contributed by atoms with van der Waals surface area (Å²) in [6, 6.07) is 9.09. The molecule has 0 saturated carbocycles. The monoisotopic (exact) mass is 460 g/mol. The fourth-order valence-corrected chi connectivity index (χ4v) is 4.35. The fraction of sp³-hybridized carbons (Fsp3) is 0.409. The highest BCUT2D eigenvalue weighted by atomic mass is 19.4. The molecule has 1 saturated heterocycles. The molecule has 0 atom stereocenters. The van der Waals surface area contributed by atoms with Crippen LogP contribution in [0.3, 0.4) is 0 Å². The number of para-hydroxylation sites is 2. The minimum absolute atomic E-state index is 0.0453. The van der Waals surface area contributed by atoms with Crippen molar-refractivity contribution in [2.24, 2.45) is 0 Å². The van der Waals surface area contributed by atoms with Crippen molar-refractivity contribution < 1.29 is 17.9 Å². The first-order chi connectivity index (χ1) is 15.9. The summed E-state index contributed by atoms with van der Waals surface area (Å²) in [4.78, 5) is 24.1. The first kappa shape index (κ1) is 21.7. The van der Waals surface area contributed by atoms with Crippen LogP contribution >= 0.6 is 0 Å². The van der Waals surface area contributed by atoms with E-state index in [2.05, 4.69) is 9.88 Å². The highest BCUT2D eigenvalue weighted by molar-refractivity contribution is 5.77. The quantitative estimate of drug-likeness (QED) is 0.442. The van der Waals surface area contributed by atoms with Gasteiger partial charge in [0.25, 0.3) is 0 Å². The van der Waals surface area contributed by atoms with E-state index in [4.69, 9.17) is 9.72 Å². The Morgan fingerprint density at radius 3 is 2.52 bits per heavy atom. The molecule has 8 nitrogen and oxygen atoms in total. The molecule has 3 aromatic heterocycles. The fourth-order valence-electron chi connectivity index (χ4n) is 4.35. The van der Waals surface area contributed by atoms with Crippen molar-refractivity contribution in [1.82, 2.24) is 28.6 Å². The van der Waals surface area contributed by atoms with Gasteiger partial charge in [-0.3, -0.25) is 19.0 Å². The first-order valence-corrected chi connectivity index (χ1v) is 10.7. The average molecular weight is 460 g/mol. The molecular formula is C22H23F3N6O2. The van der Waals surface area contributed by atoms with Gasteiger partial charge < -0.3 is 9.30 Å². The van der Waals surface area contributed by atoms with Crippen LogP contribution in [0.5, 0.6) is 0 Å². The molecule has 0 radical (unpaired) electrons. The smallest absolute Gasteiger partial charge is 0.379 e. The molecule has 0 aliphatic carbocycles. The van der Waals surface area contributed by atoms with Crippen LogP contribution in [0.2, 0.25) is 0 Å². The van der Waals surface area contributed by atoms with Crippen LogP contribution in [-0.4, -0.2) is 67.6 Å². The SMILES string of the molecule is O=c1n(Cc2nc3ccccc3n2CCN2CCOCC2)c2cnccc2n1CC(F)(F)F. The normalized spacial score (nSPS) is 15.6. The lowest BCUT2D eigenvalue weighted by atomic mass is 10.3. The van der Waals surface area contributed by atoms with Crippen molar-refractivity contribution in [2.45, 2.75) is 25.8 Å². The van der Waals surface area contributed by atoms with Gasteiger partial charge in [0.15, 0.2) is 0 Å². The molecule has 0 amide bonds. The zero-order valence-corrected chi connectivity index (χ0v) is 17.8. The van der Waals surface area contributed by atoms with Crippen LogP contribution in [0, 0.1) is 0 Å². The van der Waals surface area contributed by atoms with Crippen LogP contribution < -0.4 is 5.69 Å². The predicted octanol–water partition coefficient (Wildman–Crippen LogP) is 2.49. The molecule has 11 heteroatoms. The number of fused-ring (bicyclic) bond motifs is 2. The van der Waals surface area contributed by atoms with E-state index in [0.717, 1.165) is 35.2 Å². The van der Waals surface area contributed by atoms with Crippen LogP contribution in [0.25, 0.3) is 22.1 Å². The molecule has 174 valence electrons. The van der Waals surface area contributed by atoms with Crippen molar-refractivity contribution in [3.05, 3.63) is 59.0 Å². The predicted molar refractivity (Wildman–Crippen MR) is 116 cm³/mol. The number of pyridine rings is 1. The van der Waals surface area contributed by atoms with E-state index in [1.54, 1.807) is 0 Å². The summed E-state index contributed by atoms with van der Waals surface area (Å²) in [5.41, 5.74) is 1.51. The Balaban J connectivity index is 1.54. The standard InChI is InChI=1S/C22H23F3N6O2/c23-22(24,25)15-31-18-5-6-26-13-19(18)30(21(31)32)14-20-27-16-3-1-2-4-17(16)29(20)8-7-28-9-11-33-12-10-28/h1-6,13H,7-12,14-15H2. The number of aromatic nitrogens is 5. The van der Waals surface area contributed by atoms with Gasteiger partial charge in [-0.05, 0) is 18.2 Å². The lowest BCUT2D eigenvalue weighted by Crippen LogP contribution is -2.38. The highest BCUT2D eigenvalue weighted by Gasteiger charge is 2.31. The number of imidazole rings is 2. The van der Waals surface area contributed by atoms with Crippen molar-refractivity contribution in [2.75, 3.05) is 32.8 Å². The second-order valence-corrected chi connectivity index (χ2v) is 8.06. The maximum absolute atomic E-state index is 13.2. The van der Waals surface area contributed by atoms with Crippen molar-refractivity contribution in [3.8, 4) is 0 Å². The molecule has 0 N–H and O–H groups in total. The lowest BCUT2D eigenvalue weighted by Gasteiger charge is -2.27. The average Bonchev–Trinajstić information content (AvgIpc) is 3.28. The summed E-state index contributed by atoms with van der Waals surface area (Å²) in [5.74, 6) is 0.612. The Bertz CT molecular complexity index is 1330.